The summed E-state index contributed by atoms with van der Waals surface area (Å²) in [5.74, 6) is -0.454. The normalized spacial score (nSPS) is 27.8. The maximum atomic E-state index is 12.8. The molecule has 0 saturated heterocycles. The van der Waals surface area contributed by atoms with Gasteiger partial charge in [0.1, 0.15) is 0 Å². The summed E-state index contributed by atoms with van der Waals surface area (Å²) >= 11 is 0. The van der Waals surface area contributed by atoms with E-state index in [0.717, 1.165) is 0 Å². The van der Waals surface area contributed by atoms with Crippen molar-refractivity contribution in [2.75, 3.05) is 5.75 Å². The van der Waals surface area contributed by atoms with E-state index in [1.807, 2.05) is 0 Å². The predicted molar refractivity (Wildman–Crippen MR) is 53.0 cm³/mol. The molecule has 1 aromatic carbocycles. The molecule has 1 heterocycles. The highest BCUT2D eigenvalue weighted by molar-refractivity contribution is 7.91. The monoisotopic (exact) mass is 248 g/mol. The largest absolute Gasteiger partial charge is 0.379 e. The third kappa shape index (κ3) is 1.53. The van der Waals surface area contributed by atoms with Gasteiger partial charge in [-0.2, -0.15) is 0 Å². The van der Waals surface area contributed by atoms with E-state index in [9.17, 15) is 22.3 Å². The molecule has 1 N–H and O–H groups in total. The number of sulfone groups is 1. The van der Waals surface area contributed by atoms with Crippen LogP contribution in [0.4, 0.5) is 8.78 Å². The first-order valence-electron chi connectivity index (χ1n) is 4.71. The molecule has 0 radical (unpaired) electrons. The second kappa shape index (κ2) is 3.49. The van der Waals surface area contributed by atoms with Gasteiger partial charge in [-0.15, -0.1) is 0 Å². The van der Waals surface area contributed by atoms with E-state index < -0.39 is 34.0 Å². The van der Waals surface area contributed by atoms with E-state index in [-0.39, 0.29) is 10.5 Å². The van der Waals surface area contributed by atoms with Crippen LogP contribution in [0.3, 0.4) is 0 Å². The van der Waals surface area contributed by atoms with Crippen molar-refractivity contribution >= 4 is 9.84 Å². The Morgan fingerprint density at radius 1 is 1.31 bits per heavy atom. The van der Waals surface area contributed by atoms with Crippen LogP contribution >= 0.6 is 0 Å². The number of halogens is 2. The Balaban J connectivity index is 2.70. The van der Waals surface area contributed by atoms with Gasteiger partial charge in [-0.3, -0.25) is 0 Å². The zero-order valence-corrected chi connectivity index (χ0v) is 9.05. The van der Waals surface area contributed by atoms with Gasteiger partial charge in [0, 0.05) is 12.0 Å². The summed E-state index contributed by atoms with van der Waals surface area (Å²) in [4.78, 5) is -0.191. The Morgan fingerprint density at radius 3 is 2.56 bits per heavy atom. The average molecular weight is 248 g/mol. The Bertz CT molecular complexity index is 513. The van der Waals surface area contributed by atoms with Gasteiger partial charge in [0.25, 0.3) is 6.43 Å². The minimum Gasteiger partial charge on any atom is -0.379 e. The molecule has 2 rings (SSSR count). The van der Waals surface area contributed by atoms with E-state index in [4.69, 9.17) is 0 Å². The second-order valence-corrected chi connectivity index (χ2v) is 5.87. The fourth-order valence-electron chi connectivity index (χ4n) is 1.86. The lowest BCUT2D eigenvalue weighted by Gasteiger charge is -2.33. The van der Waals surface area contributed by atoms with E-state index in [0.29, 0.717) is 0 Å². The molecule has 16 heavy (non-hydrogen) atoms. The van der Waals surface area contributed by atoms with Crippen LogP contribution in [0.1, 0.15) is 12.0 Å². The van der Waals surface area contributed by atoms with Crippen LogP contribution in [0.5, 0.6) is 0 Å². The summed E-state index contributed by atoms with van der Waals surface area (Å²) in [6, 6.07) is 5.37. The molecule has 0 saturated carbocycles. The first-order chi connectivity index (χ1) is 7.38. The lowest BCUT2D eigenvalue weighted by molar-refractivity contribution is -0.107. The van der Waals surface area contributed by atoms with E-state index in [1.165, 1.54) is 24.3 Å². The molecule has 1 aliphatic rings. The molecular formula is C10H10F2O3S. The smallest absolute Gasteiger partial charge is 0.271 e. The SMILES string of the molecule is O=S1(=O)CCC(O)(C(F)F)c2ccccc21. The van der Waals surface area contributed by atoms with Crippen molar-refractivity contribution in [2.45, 2.75) is 23.3 Å². The van der Waals surface area contributed by atoms with Gasteiger partial charge in [-0.25, -0.2) is 17.2 Å². The van der Waals surface area contributed by atoms with E-state index >= 15 is 0 Å². The molecule has 0 amide bonds. The molecule has 1 unspecified atom stereocenters. The van der Waals surface area contributed by atoms with Gasteiger partial charge in [-0.1, -0.05) is 18.2 Å². The summed E-state index contributed by atoms with van der Waals surface area (Å²) in [7, 11) is -3.54. The van der Waals surface area contributed by atoms with Crippen molar-refractivity contribution in [1.29, 1.82) is 0 Å². The number of benzene rings is 1. The van der Waals surface area contributed by atoms with Gasteiger partial charge >= 0.3 is 0 Å². The quantitative estimate of drug-likeness (QED) is 0.815. The summed E-state index contributed by atoms with van der Waals surface area (Å²) in [5.41, 5.74) is -2.54. The topological polar surface area (TPSA) is 54.4 Å². The average Bonchev–Trinajstić information content (AvgIpc) is 2.24. The lowest BCUT2D eigenvalue weighted by atomic mass is 9.91. The van der Waals surface area contributed by atoms with Crippen LogP contribution in [0.15, 0.2) is 29.2 Å². The van der Waals surface area contributed by atoms with Gasteiger partial charge in [0.15, 0.2) is 15.4 Å². The standard InChI is InChI=1S/C10H10F2O3S/c11-9(12)10(13)5-6-16(14,15)8-4-2-1-3-7(8)10/h1-4,9,13H,5-6H2. The zero-order valence-electron chi connectivity index (χ0n) is 8.23. The molecule has 1 aromatic rings. The number of rotatable bonds is 1. The highest BCUT2D eigenvalue weighted by Gasteiger charge is 2.46. The van der Waals surface area contributed by atoms with Crippen LogP contribution in [0.25, 0.3) is 0 Å². The van der Waals surface area contributed by atoms with Crippen LogP contribution in [0.2, 0.25) is 0 Å². The van der Waals surface area contributed by atoms with Crippen molar-refractivity contribution in [2.24, 2.45) is 0 Å². The fourth-order valence-corrected chi connectivity index (χ4v) is 3.52. The first-order valence-corrected chi connectivity index (χ1v) is 6.36. The van der Waals surface area contributed by atoms with Gasteiger partial charge < -0.3 is 5.11 Å². The molecule has 0 aromatic heterocycles. The first kappa shape index (κ1) is 11.5. The number of hydrogen-bond acceptors (Lipinski definition) is 3. The molecule has 6 heteroatoms. The highest BCUT2D eigenvalue weighted by atomic mass is 32.2. The lowest BCUT2D eigenvalue weighted by Crippen LogP contribution is -2.41. The van der Waals surface area contributed by atoms with Crippen molar-refractivity contribution in [3.8, 4) is 0 Å². The van der Waals surface area contributed by atoms with E-state index in [1.54, 1.807) is 0 Å². The van der Waals surface area contributed by atoms with Gasteiger partial charge in [0.05, 0.1) is 10.6 Å². The molecule has 1 atom stereocenters. The minimum atomic E-state index is -3.54. The zero-order chi connectivity index (χ0) is 12.0. The van der Waals surface area contributed by atoms with Crippen LogP contribution in [0, 0.1) is 0 Å². The van der Waals surface area contributed by atoms with Crippen molar-refractivity contribution < 1.29 is 22.3 Å². The van der Waals surface area contributed by atoms with Gasteiger partial charge in [-0.05, 0) is 6.07 Å². The fraction of sp³-hybridized carbons (Fsp3) is 0.400. The Labute approximate surface area is 91.6 Å². The summed E-state index contributed by atoms with van der Waals surface area (Å²) < 4.78 is 48.8. The molecule has 0 fully saturated rings. The molecule has 0 spiro atoms. The molecule has 3 nitrogen and oxygen atoms in total. The predicted octanol–water partition coefficient (Wildman–Crippen LogP) is 1.32. The molecule has 1 aliphatic heterocycles. The highest BCUT2D eigenvalue weighted by Crippen LogP contribution is 2.40. The Kier molecular flexibility index (Phi) is 2.51. The molecule has 0 aliphatic carbocycles. The summed E-state index contributed by atoms with van der Waals surface area (Å²) in [5, 5.41) is 9.82. The van der Waals surface area contributed by atoms with Crippen molar-refractivity contribution in [1.82, 2.24) is 0 Å². The number of hydrogen-bond donors (Lipinski definition) is 1. The maximum Gasteiger partial charge on any atom is 0.271 e. The van der Waals surface area contributed by atoms with Crippen molar-refractivity contribution in [3.63, 3.8) is 0 Å². The number of aliphatic hydroxyl groups is 1. The molecular weight excluding hydrogens is 238 g/mol. The molecule has 0 bridgehead atoms. The summed E-state index contributed by atoms with van der Waals surface area (Å²) in [6.07, 6.45) is -3.46. The van der Waals surface area contributed by atoms with Crippen molar-refractivity contribution in [3.05, 3.63) is 29.8 Å². The summed E-state index contributed by atoms with van der Waals surface area (Å²) in [6.45, 7) is 0. The third-order valence-corrected chi connectivity index (χ3v) is 4.57. The molecule has 88 valence electrons. The second-order valence-electron chi connectivity index (χ2n) is 3.79. The van der Waals surface area contributed by atoms with Crippen LogP contribution in [-0.4, -0.2) is 25.7 Å². The Hall–Kier alpha value is -1.01. The van der Waals surface area contributed by atoms with E-state index in [2.05, 4.69) is 0 Å². The van der Waals surface area contributed by atoms with Crippen LogP contribution in [-0.2, 0) is 15.4 Å². The number of alkyl halides is 2. The minimum absolute atomic E-state index is 0.191. The van der Waals surface area contributed by atoms with Crippen LogP contribution < -0.4 is 0 Å². The van der Waals surface area contributed by atoms with Gasteiger partial charge in [0.2, 0.25) is 0 Å². The Morgan fingerprint density at radius 2 is 1.94 bits per heavy atom. The maximum absolute atomic E-state index is 12.8. The third-order valence-electron chi connectivity index (χ3n) is 2.80. The number of fused-ring (bicyclic) bond motifs is 1.